The predicted molar refractivity (Wildman–Crippen MR) is 71.5 cm³/mol. The van der Waals surface area contributed by atoms with Gasteiger partial charge in [0.2, 0.25) is 0 Å². The van der Waals surface area contributed by atoms with Crippen LogP contribution in [0.15, 0.2) is 18.2 Å². The molecule has 1 aliphatic rings. The number of esters is 1. The summed E-state index contributed by atoms with van der Waals surface area (Å²) in [6.45, 7) is 3.64. The zero-order valence-corrected chi connectivity index (χ0v) is 11.1. The molecule has 0 aromatic heterocycles. The van der Waals surface area contributed by atoms with Crippen LogP contribution in [-0.4, -0.2) is 22.3 Å². The number of rotatable bonds is 3. The molecule has 0 fully saturated rings. The van der Waals surface area contributed by atoms with Crippen molar-refractivity contribution in [2.24, 2.45) is 0 Å². The number of unbranched alkanes of at least 4 members (excludes halogenated alkanes) is 1. The van der Waals surface area contributed by atoms with Crippen molar-refractivity contribution in [3.8, 4) is 11.5 Å². The van der Waals surface area contributed by atoms with E-state index >= 15 is 0 Å². The highest BCUT2D eigenvalue weighted by atomic mass is 16.5. The quantitative estimate of drug-likeness (QED) is 0.649. The minimum Gasteiger partial charge on any atom is -0.508 e. The molecule has 0 saturated carbocycles. The first-order valence-corrected chi connectivity index (χ1v) is 6.46. The Morgan fingerprint density at radius 1 is 1.47 bits per heavy atom. The summed E-state index contributed by atoms with van der Waals surface area (Å²) in [7, 11) is 0. The molecule has 1 aromatic rings. The van der Waals surface area contributed by atoms with Gasteiger partial charge in [0.25, 0.3) is 0 Å². The number of phenolic OH excluding ortho intramolecular Hbond substituents is 2. The third-order valence-electron chi connectivity index (χ3n) is 3.30. The van der Waals surface area contributed by atoms with Crippen molar-refractivity contribution >= 4 is 5.97 Å². The second-order valence-electron chi connectivity index (χ2n) is 4.77. The molecule has 102 valence electrons. The lowest BCUT2D eigenvalue weighted by Crippen LogP contribution is -2.26. The van der Waals surface area contributed by atoms with Crippen LogP contribution < -0.4 is 0 Å². The minimum atomic E-state index is -0.534. The Morgan fingerprint density at radius 2 is 2.21 bits per heavy atom. The number of phenols is 2. The first-order valence-electron chi connectivity index (χ1n) is 6.46. The molecule has 1 heterocycles. The van der Waals surface area contributed by atoms with Gasteiger partial charge in [0.15, 0.2) is 0 Å². The van der Waals surface area contributed by atoms with Crippen molar-refractivity contribution < 1.29 is 19.7 Å². The number of benzene rings is 1. The molecular weight excluding hydrogens is 244 g/mol. The number of fused-ring (bicyclic) bond motifs is 1. The average Bonchev–Trinajstić information content (AvgIpc) is 2.36. The summed E-state index contributed by atoms with van der Waals surface area (Å²) in [5, 5.41) is 19.6. The lowest BCUT2D eigenvalue weighted by atomic mass is 9.94. The monoisotopic (exact) mass is 262 g/mol. The fraction of sp³-hybridized carbons (Fsp3) is 0.400. The summed E-state index contributed by atoms with van der Waals surface area (Å²) in [5.74, 6) is -0.716. The van der Waals surface area contributed by atoms with Gasteiger partial charge in [0, 0.05) is 12.0 Å². The minimum absolute atomic E-state index is 0.00207. The third-order valence-corrected chi connectivity index (χ3v) is 3.30. The Balaban J connectivity index is 2.32. The number of hydrogen-bond acceptors (Lipinski definition) is 4. The molecule has 1 atom stereocenters. The van der Waals surface area contributed by atoms with E-state index < -0.39 is 5.97 Å². The SMILES string of the molecule is CCC/C=C/[C@@H]1Cc2cc(O)c(C)c(O)c2C(=O)O1. The number of hydrogen-bond donors (Lipinski definition) is 2. The molecule has 0 spiro atoms. The van der Waals surface area contributed by atoms with E-state index in [0.717, 1.165) is 12.8 Å². The molecule has 1 aromatic carbocycles. The molecule has 4 heteroatoms. The molecule has 4 nitrogen and oxygen atoms in total. The summed E-state index contributed by atoms with van der Waals surface area (Å²) in [6.07, 6.45) is 5.96. The van der Waals surface area contributed by atoms with Gasteiger partial charge in [-0.25, -0.2) is 4.79 Å². The summed E-state index contributed by atoms with van der Waals surface area (Å²) in [5.41, 5.74) is 1.11. The normalized spacial score (nSPS) is 18.4. The van der Waals surface area contributed by atoms with Crippen LogP contribution in [0.3, 0.4) is 0 Å². The van der Waals surface area contributed by atoms with Crippen LogP contribution in [0.1, 0.15) is 41.3 Å². The standard InChI is InChI=1S/C15H18O4/c1-3-4-5-6-11-7-10-8-12(16)9(2)14(17)13(10)15(18)19-11/h5-6,8,11,16-17H,3-4,7H2,1-2H3/b6-5+/t11-/m1/s1. The van der Waals surface area contributed by atoms with Gasteiger partial charge in [-0.2, -0.15) is 0 Å². The average molecular weight is 262 g/mol. The maximum atomic E-state index is 11.9. The first kappa shape index (κ1) is 13.5. The van der Waals surface area contributed by atoms with Crippen LogP contribution in [-0.2, 0) is 11.2 Å². The second kappa shape index (κ2) is 5.34. The molecule has 0 amide bonds. The van der Waals surface area contributed by atoms with E-state index in [0.29, 0.717) is 17.5 Å². The summed E-state index contributed by atoms with van der Waals surface area (Å²) in [4.78, 5) is 11.9. The van der Waals surface area contributed by atoms with Crippen LogP contribution in [0, 0.1) is 6.92 Å². The van der Waals surface area contributed by atoms with E-state index in [2.05, 4.69) is 6.92 Å². The summed E-state index contributed by atoms with van der Waals surface area (Å²) < 4.78 is 5.27. The molecule has 0 unspecified atom stereocenters. The van der Waals surface area contributed by atoms with Crippen molar-refractivity contribution in [1.29, 1.82) is 0 Å². The Kier molecular flexibility index (Phi) is 3.79. The summed E-state index contributed by atoms with van der Waals surface area (Å²) >= 11 is 0. The molecule has 0 radical (unpaired) electrons. The number of carbonyl (C=O) groups is 1. The summed E-state index contributed by atoms with van der Waals surface area (Å²) in [6, 6.07) is 1.53. The number of allylic oxidation sites excluding steroid dienone is 1. The smallest absolute Gasteiger partial charge is 0.342 e. The largest absolute Gasteiger partial charge is 0.508 e. The highest BCUT2D eigenvalue weighted by molar-refractivity contribution is 5.96. The van der Waals surface area contributed by atoms with E-state index in [1.54, 1.807) is 6.92 Å². The van der Waals surface area contributed by atoms with Crippen molar-refractivity contribution in [2.75, 3.05) is 0 Å². The zero-order chi connectivity index (χ0) is 14.0. The lowest BCUT2D eigenvalue weighted by molar-refractivity contribution is 0.0352. The number of carbonyl (C=O) groups excluding carboxylic acids is 1. The van der Waals surface area contributed by atoms with Crippen LogP contribution in [0.2, 0.25) is 0 Å². The van der Waals surface area contributed by atoms with Gasteiger partial charge in [0.1, 0.15) is 23.2 Å². The molecular formula is C15H18O4. The van der Waals surface area contributed by atoms with Gasteiger partial charge in [-0.05, 0) is 31.1 Å². The van der Waals surface area contributed by atoms with E-state index in [1.165, 1.54) is 6.07 Å². The van der Waals surface area contributed by atoms with E-state index in [4.69, 9.17) is 4.74 Å². The molecule has 19 heavy (non-hydrogen) atoms. The van der Waals surface area contributed by atoms with E-state index in [-0.39, 0.29) is 23.2 Å². The highest BCUT2D eigenvalue weighted by Gasteiger charge is 2.29. The van der Waals surface area contributed by atoms with Crippen molar-refractivity contribution in [2.45, 2.75) is 39.2 Å². The highest BCUT2D eigenvalue weighted by Crippen LogP contribution is 2.36. The zero-order valence-electron chi connectivity index (χ0n) is 11.1. The maximum absolute atomic E-state index is 11.9. The third kappa shape index (κ3) is 2.57. The first-order chi connectivity index (χ1) is 9.04. The topological polar surface area (TPSA) is 66.8 Å². The number of aromatic hydroxyl groups is 2. The van der Waals surface area contributed by atoms with Crippen molar-refractivity contribution in [3.05, 3.63) is 34.9 Å². The van der Waals surface area contributed by atoms with Crippen molar-refractivity contribution in [3.63, 3.8) is 0 Å². The fourth-order valence-electron chi connectivity index (χ4n) is 2.17. The molecule has 0 aliphatic carbocycles. The van der Waals surface area contributed by atoms with Gasteiger partial charge in [-0.15, -0.1) is 0 Å². The maximum Gasteiger partial charge on any atom is 0.342 e. The Morgan fingerprint density at radius 3 is 2.89 bits per heavy atom. The van der Waals surface area contributed by atoms with Crippen molar-refractivity contribution in [1.82, 2.24) is 0 Å². The fourth-order valence-corrected chi connectivity index (χ4v) is 2.17. The van der Waals surface area contributed by atoms with Gasteiger partial charge >= 0.3 is 5.97 Å². The van der Waals surface area contributed by atoms with E-state index in [9.17, 15) is 15.0 Å². The molecule has 0 bridgehead atoms. The van der Waals surface area contributed by atoms with Gasteiger partial charge < -0.3 is 14.9 Å². The van der Waals surface area contributed by atoms with Gasteiger partial charge in [-0.3, -0.25) is 0 Å². The number of ether oxygens (including phenoxy) is 1. The molecule has 1 aliphatic heterocycles. The molecule has 0 saturated heterocycles. The van der Waals surface area contributed by atoms with Gasteiger partial charge in [-0.1, -0.05) is 19.4 Å². The van der Waals surface area contributed by atoms with E-state index in [1.807, 2.05) is 12.2 Å². The van der Waals surface area contributed by atoms with Crippen LogP contribution in [0.4, 0.5) is 0 Å². The Hall–Kier alpha value is -1.97. The molecule has 2 N–H and O–H groups in total. The Labute approximate surface area is 112 Å². The van der Waals surface area contributed by atoms with Crippen LogP contribution in [0.5, 0.6) is 11.5 Å². The predicted octanol–water partition coefficient (Wildman–Crippen LogP) is 2.84. The van der Waals surface area contributed by atoms with Crippen LogP contribution >= 0.6 is 0 Å². The molecule has 2 rings (SSSR count). The Bertz CT molecular complexity index is 531. The van der Waals surface area contributed by atoms with Crippen LogP contribution in [0.25, 0.3) is 0 Å². The second-order valence-corrected chi connectivity index (χ2v) is 4.77. The van der Waals surface area contributed by atoms with Gasteiger partial charge in [0.05, 0.1) is 0 Å². The number of cyclic esters (lactones) is 1. The lowest BCUT2D eigenvalue weighted by Gasteiger charge is -2.24.